The molecule has 1 atom stereocenters. The summed E-state index contributed by atoms with van der Waals surface area (Å²) in [6, 6.07) is 6.88. The number of fused-ring (bicyclic) bond motifs is 1. The van der Waals surface area contributed by atoms with E-state index in [0.29, 0.717) is 16.5 Å². The van der Waals surface area contributed by atoms with Crippen LogP contribution in [0.3, 0.4) is 0 Å². The predicted molar refractivity (Wildman–Crippen MR) is 78.0 cm³/mol. The van der Waals surface area contributed by atoms with Gasteiger partial charge in [-0.2, -0.15) is 0 Å². The molecule has 7 nitrogen and oxygen atoms in total. The lowest BCUT2D eigenvalue weighted by Gasteiger charge is -2.11. The SMILES string of the molecule is C[C@@H](NC(=O)c1cc2cc(Cl)ccc2[nH]1)c1nnnn1C. The molecule has 2 aromatic heterocycles. The third kappa shape index (κ3) is 2.59. The van der Waals surface area contributed by atoms with Crippen molar-refractivity contribution < 1.29 is 4.79 Å². The van der Waals surface area contributed by atoms with Crippen LogP contribution in [0.2, 0.25) is 5.02 Å². The summed E-state index contributed by atoms with van der Waals surface area (Å²) in [5, 5.41) is 15.5. The van der Waals surface area contributed by atoms with Crippen LogP contribution in [0, 0.1) is 0 Å². The van der Waals surface area contributed by atoms with Crippen molar-refractivity contribution in [2.24, 2.45) is 7.05 Å². The number of H-pyrrole nitrogens is 1. The van der Waals surface area contributed by atoms with E-state index in [1.807, 2.05) is 13.0 Å². The van der Waals surface area contributed by atoms with Crippen molar-refractivity contribution in [2.45, 2.75) is 13.0 Å². The van der Waals surface area contributed by atoms with Crippen molar-refractivity contribution in [2.75, 3.05) is 0 Å². The van der Waals surface area contributed by atoms with E-state index in [0.717, 1.165) is 10.9 Å². The van der Waals surface area contributed by atoms with E-state index in [1.165, 1.54) is 4.68 Å². The minimum absolute atomic E-state index is 0.224. The van der Waals surface area contributed by atoms with Gasteiger partial charge >= 0.3 is 0 Å². The first kappa shape index (κ1) is 13.6. The summed E-state index contributed by atoms with van der Waals surface area (Å²) in [6.07, 6.45) is 0. The highest BCUT2D eigenvalue weighted by atomic mass is 35.5. The van der Waals surface area contributed by atoms with Gasteiger partial charge in [0.25, 0.3) is 5.91 Å². The monoisotopic (exact) mass is 304 g/mol. The predicted octanol–water partition coefficient (Wildman–Crippen LogP) is 1.84. The molecule has 0 bridgehead atoms. The van der Waals surface area contributed by atoms with Gasteiger partial charge in [0.15, 0.2) is 5.82 Å². The van der Waals surface area contributed by atoms with Crippen molar-refractivity contribution in [1.29, 1.82) is 0 Å². The Bertz CT molecular complexity index is 808. The molecule has 3 aromatic rings. The number of nitrogens with zero attached hydrogens (tertiary/aromatic N) is 4. The molecule has 108 valence electrons. The summed E-state index contributed by atoms with van der Waals surface area (Å²) in [5.74, 6) is 0.361. The van der Waals surface area contributed by atoms with Crippen LogP contribution >= 0.6 is 11.6 Å². The first-order valence-electron chi connectivity index (χ1n) is 6.36. The molecular formula is C13H13ClN6O. The first-order valence-corrected chi connectivity index (χ1v) is 6.74. The zero-order valence-corrected chi connectivity index (χ0v) is 12.2. The van der Waals surface area contributed by atoms with Gasteiger partial charge in [0.1, 0.15) is 5.69 Å². The molecule has 0 saturated heterocycles. The molecule has 0 aliphatic rings. The van der Waals surface area contributed by atoms with Gasteiger partial charge < -0.3 is 10.3 Å². The molecule has 0 aliphatic carbocycles. The Morgan fingerprint density at radius 1 is 1.43 bits per heavy atom. The molecule has 3 rings (SSSR count). The molecule has 0 radical (unpaired) electrons. The van der Waals surface area contributed by atoms with Gasteiger partial charge in [-0.1, -0.05) is 11.6 Å². The lowest BCUT2D eigenvalue weighted by Crippen LogP contribution is -2.28. The van der Waals surface area contributed by atoms with Gasteiger partial charge in [0.2, 0.25) is 0 Å². The minimum Gasteiger partial charge on any atom is -0.351 e. The number of hydrogen-bond acceptors (Lipinski definition) is 4. The molecule has 2 N–H and O–H groups in total. The maximum Gasteiger partial charge on any atom is 0.268 e. The molecule has 0 fully saturated rings. The summed E-state index contributed by atoms with van der Waals surface area (Å²) in [6.45, 7) is 1.82. The molecule has 21 heavy (non-hydrogen) atoms. The molecular weight excluding hydrogens is 292 g/mol. The second-order valence-electron chi connectivity index (χ2n) is 4.77. The number of aryl methyl sites for hydroxylation is 1. The van der Waals surface area contributed by atoms with Crippen LogP contribution in [0.4, 0.5) is 0 Å². The van der Waals surface area contributed by atoms with Gasteiger partial charge in [-0.05, 0) is 41.6 Å². The molecule has 0 aliphatic heterocycles. The third-order valence-corrected chi connectivity index (χ3v) is 3.45. The quantitative estimate of drug-likeness (QED) is 0.772. The highest BCUT2D eigenvalue weighted by molar-refractivity contribution is 6.31. The average Bonchev–Trinajstić information content (AvgIpc) is 3.04. The fourth-order valence-electron chi connectivity index (χ4n) is 2.17. The number of aromatic amines is 1. The summed E-state index contributed by atoms with van der Waals surface area (Å²) in [5.41, 5.74) is 1.33. The fourth-order valence-corrected chi connectivity index (χ4v) is 2.35. The molecule has 8 heteroatoms. The molecule has 1 aromatic carbocycles. The van der Waals surface area contributed by atoms with E-state index in [2.05, 4.69) is 25.8 Å². The van der Waals surface area contributed by atoms with Gasteiger partial charge in [0, 0.05) is 23.0 Å². The number of halogens is 1. The van der Waals surface area contributed by atoms with E-state index >= 15 is 0 Å². The highest BCUT2D eigenvalue weighted by Gasteiger charge is 2.17. The maximum absolute atomic E-state index is 12.3. The molecule has 0 unspecified atom stereocenters. The Kier molecular flexibility index (Phi) is 3.34. The Balaban J connectivity index is 1.82. The zero-order chi connectivity index (χ0) is 15.0. The maximum atomic E-state index is 12.3. The standard InChI is InChI=1S/C13H13ClN6O/c1-7(12-17-18-19-20(12)2)15-13(21)11-6-8-5-9(14)3-4-10(8)16-11/h3-7,16H,1-2H3,(H,15,21)/t7-/m1/s1. The van der Waals surface area contributed by atoms with Crippen LogP contribution in [0.1, 0.15) is 29.3 Å². The highest BCUT2D eigenvalue weighted by Crippen LogP contribution is 2.20. The zero-order valence-electron chi connectivity index (χ0n) is 11.5. The Hall–Kier alpha value is -2.41. The minimum atomic E-state index is -0.299. The number of rotatable bonds is 3. The summed E-state index contributed by atoms with van der Waals surface area (Å²) < 4.78 is 1.52. The first-order chi connectivity index (χ1) is 10.0. The lowest BCUT2D eigenvalue weighted by atomic mass is 10.2. The number of nitrogens with one attached hydrogen (secondary N) is 2. The number of hydrogen-bond donors (Lipinski definition) is 2. The van der Waals surface area contributed by atoms with E-state index in [4.69, 9.17) is 11.6 Å². The van der Waals surface area contributed by atoms with E-state index in [9.17, 15) is 4.79 Å². The van der Waals surface area contributed by atoms with Gasteiger partial charge in [0.05, 0.1) is 6.04 Å². The number of tetrazole rings is 1. The number of aromatic nitrogens is 5. The van der Waals surface area contributed by atoms with E-state index < -0.39 is 0 Å². The van der Waals surface area contributed by atoms with Crippen LogP contribution in [0.15, 0.2) is 24.3 Å². The van der Waals surface area contributed by atoms with E-state index in [-0.39, 0.29) is 11.9 Å². The van der Waals surface area contributed by atoms with Gasteiger partial charge in [-0.3, -0.25) is 4.79 Å². The molecule has 2 heterocycles. The number of carbonyl (C=O) groups is 1. The Morgan fingerprint density at radius 2 is 2.24 bits per heavy atom. The summed E-state index contributed by atoms with van der Waals surface area (Å²) in [7, 11) is 1.73. The van der Waals surface area contributed by atoms with Crippen LogP contribution in [0.5, 0.6) is 0 Å². The van der Waals surface area contributed by atoms with Crippen molar-refractivity contribution in [3.63, 3.8) is 0 Å². The van der Waals surface area contributed by atoms with Gasteiger partial charge in [-0.25, -0.2) is 4.68 Å². The largest absolute Gasteiger partial charge is 0.351 e. The average molecular weight is 305 g/mol. The lowest BCUT2D eigenvalue weighted by molar-refractivity contribution is 0.0933. The molecule has 0 spiro atoms. The molecule has 1 amide bonds. The van der Waals surface area contributed by atoms with E-state index in [1.54, 1.807) is 25.2 Å². The molecule has 0 saturated carbocycles. The Labute approximate surface area is 125 Å². The number of carbonyl (C=O) groups excluding carboxylic acids is 1. The van der Waals surface area contributed by atoms with Crippen molar-refractivity contribution in [3.8, 4) is 0 Å². The van der Waals surface area contributed by atoms with Crippen LogP contribution in [0.25, 0.3) is 10.9 Å². The third-order valence-electron chi connectivity index (χ3n) is 3.22. The van der Waals surface area contributed by atoms with Crippen LogP contribution in [-0.4, -0.2) is 31.1 Å². The van der Waals surface area contributed by atoms with Crippen molar-refractivity contribution >= 4 is 28.4 Å². The smallest absolute Gasteiger partial charge is 0.268 e. The van der Waals surface area contributed by atoms with Crippen LogP contribution < -0.4 is 5.32 Å². The second-order valence-corrected chi connectivity index (χ2v) is 5.21. The number of amides is 1. The topological polar surface area (TPSA) is 88.5 Å². The van der Waals surface area contributed by atoms with Crippen LogP contribution in [-0.2, 0) is 7.05 Å². The second kappa shape index (κ2) is 5.17. The van der Waals surface area contributed by atoms with Crippen molar-refractivity contribution in [3.05, 3.63) is 40.8 Å². The van der Waals surface area contributed by atoms with Crippen molar-refractivity contribution in [1.82, 2.24) is 30.5 Å². The number of benzene rings is 1. The van der Waals surface area contributed by atoms with Gasteiger partial charge in [-0.15, -0.1) is 5.10 Å². The normalized spacial score (nSPS) is 12.5. The fraction of sp³-hybridized carbons (Fsp3) is 0.231. The Morgan fingerprint density at radius 3 is 2.95 bits per heavy atom. The summed E-state index contributed by atoms with van der Waals surface area (Å²) in [4.78, 5) is 15.3. The summed E-state index contributed by atoms with van der Waals surface area (Å²) >= 11 is 5.94.